The Balaban J connectivity index is 1.35. The van der Waals surface area contributed by atoms with Gasteiger partial charge in [-0.1, -0.05) is 30.3 Å². The summed E-state index contributed by atoms with van der Waals surface area (Å²) < 4.78 is 0. The van der Waals surface area contributed by atoms with Gasteiger partial charge in [0.15, 0.2) is 0 Å². The van der Waals surface area contributed by atoms with Gasteiger partial charge in [-0.2, -0.15) is 0 Å². The molecule has 4 rings (SSSR count). The van der Waals surface area contributed by atoms with Gasteiger partial charge in [0.2, 0.25) is 11.8 Å². The number of piperidine rings is 1. The third-order valence-corrected chi connectivity index (χ3v) is 5.63. The van der Waals surface area contributed by atoms with Gasteiger partial charge in [0.05, 0.1) is 6.42 Å². The van der Waals surface area contributed by atoms with Crippen molar-refractivity contribution >= 4 is 28.4 Å². The van der Waals surface area contributed by atoms with Gasteiger partial charge < -0.3 is 16.0 Å². The van der Waals surface area contributed by atoms with Crippen molar-refractivity contribution in [3.05, 3.63) is 65.9 Å². The number of fused-ring (bicyclic) bond motifs is 1. The van der Waals surface area contributed by atoms with E-state index < -0.39 is 0 Å². The number of carbonyl (C=O) groups is 2. The third-order valence-electron chi connectivity index (χ3n) is 5.63. The molecule has 6 heteroatoms. The van der Waals surface area contributed by atoms with Crippen LogP contribution in [0.5, 0.6) is 0 Å². The van der Waals surface area contributed by atoms with Crippen molar-refractivity contribution in [2.45, 2.75) is 25.8 Å². The lowest BCUT2D eigenvalue weighted by molar-refractivity contribution is -0.123. The number of H-pyrrole nitrogens is 1. The summed E-state index contributed by atoms with van der Waals surface area (Å²) >= 11 is 0. The summed E-state index contributed by atoms with van der Waals surface area (Å²) in [4.78, 5) is 29.4. The van der Waals surface area contributed by atoms with Gasteiger partial charge in [0.25, 0.3) is 0 Å². The number of hydrogen-bond donors (Lipinski definition) is 3. The van der Waals surface area contributed by atoms with E-state index in [9.17, 15) is 9.59 Å². The van der Waals surface area contributed by atoms with E-state index in [1.165, 1.54) is 0 Å². The highest BCUT2D eigenvalue weighted by Gasteiger charge is 2.23. The maximum absolute atomic E-state index is 12.5. The van der Waals surface area contributed by atoms with E-state index in [4.69, 9.17) is 5.73 Å². The molecule has 1 aromatic heterocycles. The van der Waals surface area contributed by atoms with Gasteiger partial charge in [-0.25, -0.2) is 0 Å². The molecule has 4 N–H and O–H groups in total. The molecule has 29 heavy (non-hydrogen) atoms. The Kier molecular flexibility index (Phi) is 5.62. The quantitative estimate of drug-likeness (QED) is 0.604. The summed E-state index contributed by atoms with van der Waals surface area (Å²) in [5.41, 5.74) is 9.39. The fraction of sp³-hybridized carbons (Fsp3) is 0.304. The van der Waals surface area contributed by atoms with E-state index in [-0.39, 0.29) is 17.7 Å². The molecule has 1 aliphatic heterocycles. The molecule has 0 bridgehead atoms. The number of carbonyl (C=O) groups excluding carboxylic acids is 2. The SMILES string of the molecule is NC(=O)C1CCN(Cc2cccc(NC(=O)Cc3c[nH]c4ccccc34)c2)CC1. The number of nitrogens with one attached hydrogen (secondary N) is 2. The highest BCUT2D eigenvalue weighted by Crippen LogP contribution is 2.21. The second-order valence-electron chi connectivity index (χ2n) is 7.74. The number of nitrogens with zero attached hydrogens (tertiary/aromatic N) is 1. The zero-order chi connectivity index (χ0) is 20.2. The molecular formula is C23H26N4O2. The molecule has 0 unspecified atom stereocenters. The molecule has 1 saturated heterocycles. The van der Waals surface area contributed by atoms with E-state index in [1.807, 2.05) is 48.7 Å². The number of amides is 2. The van der Waals surface area contributed by atoms with Crippen LogP contribution in [0, 0.1) is 5.92 Å². The lowest BCUT2D eigenvalue weighted by Crippen LogP contribution is -2.38. The average Bonchev–Trinajstić information content (AvgIpc) is 3.11. The fourth-order valence-electron chi connectivity index (χ4n) is 4.04. The van der Waals surface area contributed by atoms with E-state index in [0.717, 1.165) is 60.2 Å². The van der Waals surface area contributed by atoms with Crippen molar-refractivity contribution < 1.29 is 9.59 Å². The minimum atomic E-state index is -0.190. The van der Waals surface area contributed by atoms with Gasteiger partial charge in [-0.15, -0.1) is 0 Å². The number of likely N-dealkylation sites (tertiary alicyclic amines) is 1. The predicted octanol–water partition coefficient (Wildman–Crippen LogP) is 3.05. The predicted molar refractivity (Wildman–Crippen MR) is 114 cm³/mol. The molecule has 1 aliphatic rings. The van der Waals surface area contributed by atoms with Crippen molar-refractivity contribution in [3.8, 4) is 0 Å². The molecular weight excluding hydrogens is 364 g/mol. The molecule has 0 radical (unpaired) electrons. The Labute approximate surface area is 170 Å². The maximum Gasteiger partial charge on any atom is 0.228 e. The summed E-state index contributed by atoms with van der Waals surface area (Å²) in [5.74, 6) is -0.222. The van der Waals surface area contributed by atoms with Crippen LogP contribution in [0.4, 0.5) is 5.69 Å². The molecule has 150 valence electrons. The Morgan fingerprint density at radius 1 is 1.10 bits per heavy atom. The molecule has 2 heterocycles. The van der Waals surface area contributed by atoms with Gasteiger partial charge in [0.1, 0.15) is 0 Å². The Hall–Kier alpha value is -3.12. The second-order valence-corrected chi connectivity index (χ2v) is 7.74. The molecule has 0 saturated carbocycles. The van der Waals surface area contributed by atoms with Crippen LogP contribution in [0.1, 0.15) is 24.0 Å². The van der Waals surface area contributed by atoms with Gasteiger partial charge in [-0.3, -0.25) is 14.5 Å². The number of rotatable bonds is 6. The molecule has 0 atom stereocenters. The molecule has 3 aromatic rings. The van der Waals surface area contributed by atoms with E-state index in [1.54, 1.807) is 0 Å². The molecule has 2 amide bonds. The standard InChI is InChI=1S/C23H26N4O2/c24-23(29)17-8-10-27(11-9-17)15-16-4-3-5-19(12-16)26-22(28)13-18-14-25-21-7-2-1-6-20(18)21/h1-7,12,14,17,25H,8-11,13,15H2,(H2,24,29)(H,26,28). The van der Waals surface area contributed by atoms with Crippen LogP contribution in [0.15, 0.2) is 54.7 Å². The zero-order valence-electron chi connectivity index (χ0n) is 16.4. The van der Waals surface area contributed by atoms with Crippen LogP contribution in [-0.4, -0.2) is 34.8 Å². The average molecular weight is 390 g/mol. The number of anilines is 1. The minimum absolute atomic E-state index is 0.00128. The first-order chi connectivity index (χ1) is 14.1. The number of nitrogens with two attached hydrogens (primary N) is 1. The first-order valence-electron chi connectivity index (χ1n) is 10.0. The van der Waals surface area contributed by atoms with Crippen molar-refractivity contribution in [2.24, 2.45) is 11.7 Å². The fourth-order valence-corrected chi connectivity index (χ4v) is 4.04. The van der Waals surface area contributed by atoms with Crippen molar-refractivity contribution in [2.75, 3.05) is 18.4 Å². The summed E-state index contributed by atoms with van der Waals surface area (Å²) in [6.07, 6.45) is 3.86. The van der Waals surface area contributed by atoms with Gasteiger partial charge >= 0.3 is 0 Å². The highest BCUT2D eigenvalue weighted by molar-refractivity contribution is 5.95. The topological polar surface area (TPSA) is 91.2 Å². The lowest BCUT2D eigenvalue weighted by Gasteiger charge is -2.30. The number of benzene rings is 2. The first-order valence-corrected chi connectivity index (χ1v) is 10.0. The summed E-state index contributed by atoms with van der Waals surface area (Å²) in [6.45, 7) is 2.53. The minimum Gasteiger partial charge on any atom is -0.369 e. The highest BCUT2D eigenvalue weighted by atomic mass is 16.2. The molecule has 0 spiro atoms. The van der Waals surface area contributed by atoms with E-state index in [2.05, 4.69) is 21.3 Å². The monoisotopic (exact) mass is 390 g/mol. The second kappa shape index (κ2) is 8.49. The van der Waals surface area contributed by atoms with E-state index in [0.29, 0.717) is 6.42 Å². The molecule has 0 aliphatic carbocycles. The number of hydrogen-bond acceptors (Lipinski definition) is 3. The first kappa shape index (κ1) is 19.2. The largest absolute Gasteiger partial charge is 0.369 e. The molecule has 2 aromatic carbocycles. The number of primary amides is 1. The summed E-state index contributed by atoms with van der Waals surface area (Å²) in [6, 6.07) is 16.0. The van der Waals surface area contributed by atoms with Crippen LogP contribution in [0.2, 0.25) is 0 Å². The Morgan fingerprint density at radius 2 is 1.90 bits per heavy atom. The van der Waals surface area contributed by atoms with Crippen molar-refractivity contribution in [3.63, 3.8) is 0 Å². The van der Waals surface area contributed by atoms with Crippen molar-refractivity contribution in [1.29, 1.82) is 0 Å². The number of para-hydroxylation sites is 1. The van der Waals surface area contributed by atoms with Gasteiger partial charge in [-0.05, 0) is 55.3 Å². The summed E-state index contributed by atoms with van der Waals surface area (Å²) in [7, 11) is 0. The van der Waals surface area contributed by atoms with Crippen LogP contribution >= 0.6 is 0 Å². The smallest absolute Gasteiger partial charge is 0.228 e. The summed E-state index contributed by atoms with van der Waals surface area (Å²) in [5, 5.41) is 4.09. The molecule has 1 fully saturated rings. The van der Waals surface area contributed by atoms with Crippen molar-refractivity contribution in [1.82, 2.24) is 9.88 Å². The Morgan fingerprint density at radius 3 is 2.69 bits per heavy atom. The zero-order valence-corrected chi connectivity index (χ0v) is 16.4. The molecule has 6 nitrogen and oxygen atoms in total. The van der Waals surface area contributed by atoms with Crippen LogP contribution < -0.4 is 11.1 Å². The lowest BCUT2D eigenvalue weighted by atomic mass is 9.96. The third kappa shape index (κ3) is 4.66. The number of aromatic nitrogens is 1. The van der Waals surface area contributed by atoms with Gasteiger partial charge in [0, 0.05) is 35.2 Å². The maximum atomic E-state index is 12.5. The Bertz CT molecular complexity index is 1020. The normalized spacial score (nSPS) is 15.4. The van der Waals surface area contributed by atoms with Crippen LogP contribution in [0.3, 0.4) is 0 Å². The van der Waals surface area contributed by atoms with Crippen LogP contribution in [0.25, 0.3) is 10.9 Å². The van der Waals surface area contributed by atoms with Crippen LogP contribution in [-0.2, 0) is 22.6 Å². The van der Waals surface area contributed by atoms with E-state index >= 15 is 0 Å². The number of aromatic amines is 1.